The molecule has 2 aromatic rings. The summed E-state index contributed by atoms with van der Waals surface area (Å²) in [6.45, 7) is 8.73. The van der Waals surface area contributed by atoms with Crippen molar-refractivity contribution in [1.82, 2.24) is 19.7 Å². The third-order valence-electron chi connectivity index (χ3n) is 6.53. The van der Waals surface area contributed by atoms with Crippen LogP contribution in [0.4, 0.5) is 5.69 Å². The summed E-state index contributed by atoms with van der Waals surface area (Å²) < 4.78 is 5.31. The molecule has 2 aliphatic rings. The SMILES string of the molecule is CC(C)C(=O)Nc1ccc2[nH]cc(C(C(=O)O)N3CCN(CC(=O)N4CCOCC4)CC3)c2c1. The Hall–Kier alpha value is -2.95. The van der Waals surface area contributed by atoms with Crippen molar-refractivity contribution < 1.29 is 24.2 Å². The number of hydrogen-bond donors (Lipinski definition) is 3. The molecule has 0 spiro atoms. The van der Waals surface area contributed by atoms with Crippen molar-refractivity contribution in [3.8, 4) is 0 Å². The summed E-state index contributed by atoms with van der Waals surface area (Å²) in [7, 11) is 0. The maximum Gasteiger partial charge on any atom is 0.325 e. The van der Waals surface area contributed by atoms with E-state index in [4.69, 9.17) is 4.74 Å². The van der Waals surface area contributed by atoms with E-state index >= 15 is 0 Å². The van der Waals surface area contributed by atoms with Gasteiger partial charge in [-0.25, -0.2) is 0 Å². The highest BCUT2D eigenvalue weighted by molar-refractivity contribution is 5.96. The van der Waals surface area contributed by atoms with E-state index in [9.17, 15) is 19.5 Å². The highest BCUT2D eigenvalue weighted by Crippen LogP contribution is 2.31. The molecule has 10 nitrogen and oxygen atoms in total. The maximum absolute atomic E-state index is 12.6. The summed E-state index contributed by atoms with van der Waals surface area (Å²) in [6.07, 6.45) is 1.74. The van der Waals surface area contributed by atoms with Crippen molar-refractivity contribution in [3.63, 3.8) is 0 Å². The van der Waals surface area contributed by atoms with Crippen molar-refractivity contribution in [3.05, 3.63) is 30.0 Å². The Balaban J connectivity index is 1.45. The quantitative estimate of drug-likeness (QED) is 0.558. The van der Waals surface area contributed by atoms with Crippen LogP contribution in [0, 0.1) is 5.92 Å². The number of aromatic amines is 1. The first-order valence-corrected chi connectivity index (χ1v) is 11.8. The first-order chi connectivity index (χ1) is 16.3. The molecule has 1 aromatic carbocycles. The first-order valence-electron chi connectivity index (χ1n) is 11.8. The Morgan fingerprint density at radius 1 is 1.09 bits per heavy atom. The smallest absolute Gasteiger partial charge is 0.325 e. The molecule has 0 radical (unpaired) electrons. The molecule has 4 rings (SSSR count). The van der Waals surface area contributed by atoms with E-state index in [0.717, 1.165) is 10.9 Å². The second kappa shape index (κ2) is 10.5. The van der Waals surface area contributed by atoms with Crippen molar-refractivity contribution >= 4 is 34.4 Å². The average Bonchev–Trinajstić information content (AvgIpc) is 3.23. The molecule has 2 saturated heterocycles. The number of aliphatic carboxylic acids is 1. The lowest BCUT2D eigenvalue weighted by Crippen LogP contribution is -2.52. The number of carbonyl (C=O) groups is 3. The Morgan fingerprint density at radius 2 is 1.79 bits per heavy atom. The van der Waals surface area contributed by atoms with Crippen LogP contribution in [0.5, 0.6) is 0 Å². The fraction of sp³-hybridized carbons (Fsp3) is 0.542. The number of nitrogens with one attached hydrogen (secondary N) is 2. The van der Waals surface area contributed by atoms with Gasteiger partial charge in [0.2, 0.25) is 11.8 Å². The summed E-state index contributed by atoms with van der Waals surface area (Å²) in [5.41, 5.74) is 2.13. The van der Waals surface area contributed by atoms with Gasteiger partial charge in [-0.3, -0.25) is 24.2 Å². The van der Waals surface area contributed by atoms with E-state index in [1.165, 1.54) is 0 Å². The number of fused-ring (bicyclic) bond motifs is 1. The summed E-state index contributed by atoms with van der Waals surface area (Å²) in [6, 6.07) is 4.67. The van der Waals surface area contributed by atoms with Crippen LogP contribution in [-0.2, 0) is 19.1 Å². The number of H-pyrrole nitrogens is 1. The molecule has 0 saturated carbocycles. The van der Waals surface area contributed by atoms with Crippen LogP contribution in [0.1, 0.15) is 25.5 Å². The number of carboxylic acids is 1. The molecule has 184 valence electrons. The lowest BCUT2D eigenvalue weighted by molar-refractivity contribution is -0.145. The first kappa shape index (κ1) is 24.2. The van der Waals surface area contributed by atoms with Crippen molar-refractivity contribution in [1.29, 1.82) is 0 Å². The highest BCUT2D eigenvalue weighted by Gasteiger charge is 2.33. The van der Waals surface area contributed by atoms with Gasteiger partial charge in [0.15, 0.2) is 0 Å². The number of benzene rings is 1. The molecule has 3 N–H and O–H groups in total. The minimum absolute atomic E-state index is 0.0889. The topological polar surface area (TPSA) is 118 Å². The zero-order chi connectivity index (χ0) is 24.2. The molecule has 2 aliphatic heterocycles. The fourth-order valence-corrected chi connectivity index (χ4v) is 4.50. The number of rotatable bonds is 7. The zero-order valence-electron chi connectivity index (χ0n) is 19.7. The van der Waals surface area contributed by atoms with Gasteiger partial charge in [0.05, 0.1) is 19.8 Å². The predicted octanol–water partition coefficient (Wildman–Crippen LogP) is 1.36. The number of nitrogens with zero attached hydrogens (tertiary/aromatic N) is 3. The van der Waals surface area contributed by atoms with E-state index in [1.807, 2.05) is 41.8 Å². The van der Waals surface area contributed by atoms with Crippen LogP contribution >= 0.6 is 0 Å². The Kier molecular flexibility index (Phi) is 7.50. The summed E-state index contributed by atoms with van der Waals surface area (Å²) >= 11 is 0. The third kappa shape index (κ3) is 5.40. The fourth-order valence-electron chi connectivity index (χ4n) is 4.50. The molecule has 1 aromatic heterocycles. The molecule has 10 heteroatoms. The second-order valence-electron chi connectivity index (χ2n) is 9.19. The normalized spacial score (nSPS) is 18.9. The standard InChI is InChI=1S/C24H33N5O5/c1-16(2)23(31)26-17-3-4-20-18(13-17)19(14-25-20)22(24(32)33)29-7-5-27(6-8-29)15-21(30)28-9-11-34-12-10-28/h3-4,13-14,16,22,25H,5-12,15H2,1-2H3,(H,26,31)(H,32,33). The number of morpholine rings is 1. The number of piperazine rings is 1. The van der Waals surface area contributed by atoms with E-state index in [2.05, 4.69) is 15.2 Å². The Bertz CT molecular complexity index is 1040. The number of carboxylic acid groups (broad SMARTS) is 1. The maximum atomic E-state index is 12.6. The van der Waals surface area contributed by atoms with E-state index in [-0.39, 0.29) is 17.7 Å². The van der Waals surface area contributed by atoms with E-state index < -0.39 is 12.0 Å². The lowest BCUT2D eigenvalue weighted by atomic mass is 10.0. The van der Waals surface area contributed by atoms with Gasteiger partial charge in [-0.15, -0.1) is 0 Å². The number of amides is 2. The van der Waals surface area contributed by atoms with Crippen molar-refractivity contribution in [2.75, 3.05) is 64.3 Å². The molecular formula is C24H33N5O5. The third-order valence-corrected chi connectivity index (χ3v) is 6.53. The molecule has 1 unspecified atom stereocenters. The lowest BCUT2D eigenvalue weighted by Gasteiger charge is -2.38. The Labute approximate surface area is 198 Å². The summed E-state index contributed by atoms with van der Waals surface area (Å²) in [4.78, 5) is 46.0. The molecule has 1 atom stereocenters. The largest absolute Gasteiger partial charge is 0.480 e. The van der Waals surface area contributed by atoms with Gasteiger partial charge in [-0.2, -0.15) is 0 Å². The van der Waals surface area contributed by atoms with Crippen molar-refractivity contribution in [2.45, 2.75) is 19.9 Å². The van der Waals surface area contributed by atoms with Crippen LogP contribution in [0.15, 0.2) is 24.4 Å². The van der Waals surface area contributed by atoms with Crippen LogP contribution < -0.4 is 5.32 Å². The highest BCUT2D eigenvalue weighted by atomic mass is 16.5. The van der Waals surface area contributed by atoms with Gasteiger partial charge < -0.3 is 25.0 Å². The van der Waals surface area contributed by atoms with Crippen molar-refractivity contribution in [2.24, 2.45) is 5.92 Å². The van der Waals surface area contributed by atoms with Crippen LogP contribution in [0.2, 0.25) is 0 Å². The molecule has 2 amide bonds. The molecule has 0 bridgehead atoms. The minimum atomic E-state index is -0.921. The number of hydrogen-bond acceptors (Lipinski definition) is 6. The molecular weight excluding hydrogens is 438 g/mol. The number of aromatic nitrogens is 1. The minimum Gasteiger partial charge on any atom is -0.480 e. The number of ether oxygens (including phenoxy) is 1. The van der Waals surface area contributed by atoms with Gasteiger partial charge in [-0.1, -0.05) is 13.8 Å². The monoisotopic (exact) mass is 471 g/mol. The van der Waals surface area contributed by atoms with Crippen LogP contribution in [0.3, 0.4) is 0 Å². The number of anilines is 1. The molecule has 3 heterocycles. The molecule has 2 fully saturated rings. The Morgan fingerprint density at radius 3 is 2.44 bits per heavy atom. The van der Waals surface area contributed by atoms with Gasteiger partial charge in [-0.05, 0) is 18.2 Å². The van der Waals surface area contributed by atoms with Gasteiger partial charge in [0.25, 0.3) is 0 Å². The van der Waals surface area contributed by atoms with Crippen LogP contribution in [0.25, 0.3) is 10.9 Å². The predicted molar refractivity (Wildman–Crippen MR) is 128 cm³/mol. The molecule has 34 heavy (non-hydrogen) atoms. The zero-order valence-corrected chi connectivity index (χ0v) is 19.7. The summed E-state index contributed by atoms with van der Waals surface area (Å²) in [5.74, 6) is -1.07. The van der Waals surface area contributed by atoms with E-state index in [1.54, 1.807) is 6.20 Å². The van der Waals surface area contributed by atoms with E-state index in [0.29, 0.717) is 70.3 Å². The molecule has 0 aliphatic carbocycles. The van der Waals surface area contributed by atoms with Gasteiger partial charge >= 0.3 is 5.97 Å². The van der Waals surface area contributed by atoms with Gasteiger partial charge in [0.1, 0.15) is 6.04 Å². The summed E-state index contributed by atoms with van der Waals surface area (Å²) in [5, 5.41) is 13.8. The van der Waals surface area contributed by atoms with Gasteiger partial charge in [0, 0.05) is 73.5 Å². The number of carbonyl (C=O) groups excluding carboxylic acids is 2. The van der Waals surface area contributed by atoms with Crippen LogP contribution in [-0.4, -0.2) is 102 Å². The average molecular weight is 472 g/mol. The second-order valence-corrected chi connectivity index (χ2v) is 9.19.